The van der Waals surface area contributed by atoms with Crippen molar-refractivity contribution in [3.05, 3.63) is 64.7 Å². The van der Waals surface area contributed by atoms with Crippen LogP contribution in [0.3, 0.4) is 0 Å². The third-order valence-electron chi connectivity index (χ3n) is 3.21. The molecule has 0 saturated heterocycles. The monoisotopic (exact) mass is 337 g/mol. The van der Waals surface area contributed by atoms with Crippen LogP contribution in [0.15, 0.2) is 42.6 Å². The first kappa shape index (κ1) is 17.2. The highest BCUT2D eigenvalue weighted by atomic mass is 35.5. The zero-order valence-corrected chi connectivity index (χ0v) is 13.1. The summed E-state index contributed by atoms with van der Waals surface area (Å²) in [6, 6.07) is 8.99. The van der Waals surface area contributed by atoms with E-state index in [4.69, 9.17) is 11.6 Å². The predicted octanol–water partition coefficient (Wildman–Crippen LogP) is 2.45. The van der Waals surface area contributed by atoms with Crippen LogP contribution >= 0.6 is 11.6 Å². The van der Waals surface area contributed by atoms with Gasteiger partial charge < -0.3 is 15.7 Å². The summed E-state index contributed by atoms with van der Waals surface area (Å²) >= 11 is 5.69. The number of nitrogens with zero attached hydrogens (tertiary/aromatic N) is 1. The third-order valence-corrected chi connectivity index (χ3v) is 3.43. The van der Waals surface area contributed by atoms with Crippen molar-refractivity contribution >= 4 is 17.6 Å². The van der Waals surface area contributed by atoms with E-state index in [9.17, 15) is 14.3 Å². The van der Waals surface area contributed by atoms with E-state index in [0.29, 0.717) is 18.1 Å². The quantitative estimate of drug-likeness (QED) is 0.709. The van der Waals surface area contributed by atoms with Gasteiger partial charge in [0.25, 0.3) is 0 Å². The molecule has 2 aromatic rings. The number of aliphatic hydroxyl groups is 1. The van der Waals surface area contributed by atoms with Crippen molar-refractivity contribution in [3.63, 3.8) is 0 Å². The SMILES string of the molecule is O=C(NCCc1ccc(Cl)nc1)NCC(O)c1ccccc1F. The molecule has 0 saturated carbocycles. The van der Waals surface area contributed by atoms with E-state index in [1.807, 2.05) is 6.07 Å². The van der Waals surface area contributed by atoms with E-state index in [-0.39, 0.29) is 12.1 Å². The second kappa shape index (κ2) is 8.45. The average molecular weight is 338 g/mol. The first-order chi connectivity index (χ1) is 11.1. The van der Waals surface area contributed by atoms with Gasteiger partial charge in [-0.15, -0.1) is 0 Å². The van der Waals surface area contributed by atoms with Gasteiger partial charge >= 0.3 is 6.03 Å². The fraction of sp³-hybridized carbons (Fsp3) is 0.250. The van der Waals surface area contributed by atoms with Gasteiger partial charge in [0.15, 0.2) is 0 Å². The van der Waals surface area contributed by atoms with Gasteiger partial charge in [-0.2, -0.15) is 0 Å². The van der Waals surface area contributed by atoms with Gasteiger partial charge in [0.2, 0.25) is 0 Å². The topological polar surface area (TPSA) is 74.2 Å². The second-order valence-electron chi connectivity index (χ2n) is 4.91. The number of hydrogen-bond acceptors (Lipinski definition) is 3. The minimum absolute atomic E-state index is 0.0741. The molecule has 0 aliphatic heterocycles. The number of hydrogen-bond donors (Lipinski definition) is 3. The Hall–Kier alpha value is -2.18. The lowest BCUT2D eigenvalue weighted by Gasteiger charge is -2.13. The van der Waals surface area contributed by atoms with Crippen molar-refractivity contribution in [3.8, 4) is 0 Å². The van der Waals surface area contributed by atoms with Crippen LogP contribution in [0.5, 0.6) is 0 Å². The molecule has 5 nitrogen and oxygen atoms in total. The molecule has 3 N–H and O–H groups in total. The highest BCUT2D eigenvalue weighted by molar-refractivity contribution is 6.29. The first-order valence-corrected chi connectivity index (χ1v) is 7.48. The maximum Gasteiger partial charge on any atom is 0.314 e. The van der Waals surface area contributed by atoms with Crippen molar-refractivity contribution < 1.29 is 14.3 Å². The normalized spacial score (nSPS) is 11.8. The zero-order valence-electron chi connectivity index (χ0n) is 12.3. The van der Waals surface area contributed by atoms with Gasteiger partial charge in [-0.1, -0.05) is 35.9 Å². The number of aromatic nitrogens is 1. The number of urea groups is 1. The summed E-state index contributed by atoms with van der Waals surface area (Å²) in [4.78, 5) is 15.6. The van der Waals surface area contributed by atoms with Crippen LogP contribution in [0.2, 0.25) is 5.15 Å². The van der Waals surface area contributed by atoms with Gasteiger partial charge in [-0.05, 0) is 24.1 Å². The smallest absolute Gasteiger partial charge is 0.314 e. The molecule has 0 radical (unpaired) electrons. The standard InChI is InChI=1S/C16H17ClFN3O2/c17-15-6-5-11(9-20-15)7-8-19-16(23)21-10-14(22)12-3-1-2-4-13(12)18/h1-6,9,14,22H,7-8,10H2,(H2,19,21,23). The van der Waals surface area contributed by atoms with Crippen molar-refractivity contribution in [2.24, 2.45) is 0 Å². The van der Waals surface area contributed by atoms with Gasteiger partial charge in [0.1, 0.15) is 11.0 Å². The van der Waals surface area contributed by atoms with Gasteiger partial charge in [-0.3, -0.25) is 0 Å². The highest BCUT2D eigenvalue weighted by Crippen LogP contribution is 2.15. The molecule has 0 fully saturated rings. The van der Waals surface area contributed by atoms with Crippen LogP contribution in [0, 0.1) is 5.82 Å². The summed E-state index contributed by atoms with van der Waals surface area (Å²) in [7, 11) is 0. The zero-order chi connectivity index (χ0) is 16.7. The molecule has 122 valence electrons. The van der Waals surface area contributed by atoms with E-state index < -0.39 is 18.0 Å². The van der Waals surface area contributed by atoms with Crippen LogP contribution < -0.4 is 10.6 Å². The first-order valence-electron chi connectivity index (χ1n) is 7.11. The lowest BCUT2D eigenvalue weighted by atomic mass is 10.1. The number of halogens is 2. The van der Waals surface area contributed by atoms with E-state index in [0.717, 1.165) is 5.56 Å². The second-order valence-corrected chi connectivity index (χ2v) is 5.30. The van der Waals surface area contributed by atoms with Gasteiger partial charge in [0, 0.05) is 24.8 Å². The van der Waals surface area contributed by atoms with E-state index in [2.05, 4.69) is 15.6 Å². The number of aliphatic hydroxyl groups excluding tert-OH is 1. The third kappa shape index (κ3) is 5.50. The van der Waals surface area contributed by atoms with E-state index in [1.165, 1.54) is 18.2 Å². The fourth-order valence-corrected chi connectivity index (χ4v) is 2.09. The van der Waals surface area contributed by atoms with Crippen LogP contribution in [-0.2, 0) is 6.42 Å². The van der Waals surface area contributed by atoms with Crippen LogP contribution in [0.4, 0.5) is 9.18 Å². The number of nitrogens with one attached hydrogen (secondary N) is 2. The summed E-state index contributed by atoms with van der Waals surface area (Å²) in [5, 5.41) is 15.4. The lowest BCUT2D eigenvalue weighted by molar-refractivity contribution is 0.169. The summed E-state index contributed by atoms with van der Waals surface area (Å²) in [5.41, 5.74) is 1.10. The number of amides is 2. The Bertz CT molecular complexity index is 652. The molecule has 7 heteroatoms. The number of rotatable bonds is 6. The lowest BCUT2D eigenvalue weighted by Crippen LogP contribution is -2.38. The molecule has 23 heavy (non-hydrogen) atoms. The molecule has 0 spiro atoms. The van der Waals surface area contributed by atoms with Gasteiger partial charge in [-0.25, -0.2) is 14.2 Å². The molecule has 2 amide bonds. The number of carbonyl (C=O) groups is 1. The Kier molecular flexibility index (Phi) is 6.31. The molecule has 1 atom stereocenters. The Labute approximate surface area is 138 Å². The molecule has 0 aliphatic carbocycles. The summed E-state index contributed by atoms with van der Waals surface area (Å²) in [6.07, 6.45) is 1.15. The van der Waals surface area contributed by atoms with E-state index in [1.54, 1.807) is 18.3 Å². The van der Waals surface area contributed by atoms with Crippen molar-refractivity contribution in [1.82, 2.24) is 15.6 Å². The van der Waals surface area contributed by atoms with E-state index >= 15 is 0 Å². The molecule has 0 aliphatic rings. The minimum atomic E-state index is -1.09. The number of benzene rings is 1. The van der Waals surface area contributed by atoms with Crippen LogP contribution in [-0.4, -0.2) is 29.2 Å². The molecular weight excluding hydrogens is 321 g/mol. The largest absolute Gasteiger partial charge is 0.386 e. The van der Waals surface area contributed by atoms with Crippen LogP contribution in [0.25, 0.3) is 0 Å². The Morgan fingerprint density at radius 3 is 2.74 bits per heavy atom. The number of carbonyl (C=O) groups excluding carboxylic acids is 1. The van der Waals surface area contributed by atoms with Crippen molar-refractivity contribution in [1.29, 1.82) is 0 Å². The molecule has 0 bridgehead atoms. The summed E-state index contributed by atoms with van der Waals surface area (Å²) in [5.74, 6) is -0.502. The maximum absolute atomic E-state index is 13.5. The highest BCUT2D eigenvalue weighted by Gasteiger charge is 2.13. The molecular formula is C16H17ClFN3O2. The maximum atomic E-state index is 13.5. The summed E-state index contributed by atoms with van der Waals surface area (Å²) in [6.45, 7) is 0.334. The van der Waals surface area contributed by atoms with Crippen molar-refractivity contribution in [2.45, 2.75) is 12.5 Å². The number of pyridine rings is 1. The molecule has 2 rings (SSSR count). The Balaban J connectivity index is 1.71. The Morgan fingerprint density at radius 2 is 2.04 bits per heavy atom. The fourth-order valence-electron chi connectivity index (χ4n) is 1.98. The molecule has 1 aromatic heterocycles. The molecule has 1 heterocycles. The molecule has 1 aromatic carbocycles. The minimum Gasteiger partial charge on any atom is -0.386 e. The molecule has 1 unspecified atom stereocenters. The van der Waals surface area contributed by atoms with Crippen molar-refractivity contribution in [2.75, 3.05) is 13.1 Å². The van der Waals surface area contributed by atoms with Crippen LogP contribution in [0.1, 0.15) is 17.2 Å². The summed E-state index contributed by atoms with van der Waals surface area (Å²) < 4.78 is 13.5. The Morgan fingerprint density at radius 1 is 1.26 bits per heavy atom. The average Bonchev–Trinajstić information content (AvgIpc) is 2.55. The predicted molar refractivity (Wildman–Crippen MR) is 85.7 cm³/mol. The van der Waals surface area contributed by atoms with Gasteiger partial charge in [0.05, 0.1) is 6.10 Å².